The molecule has 13 heteroatoms. The summed E-state index contributed by atoms with van der Waals surface area (Å²) in [7, 11) is 1.49. The number of unbranched alkanes of at least 4 members (excludes halogenated alkanes) is 1. The normalized spacial score (nSPS) is 10.3. The summed E-state index contributed by atoms with van der Waals surface area (Å²) in [5.74, 6) is -0.203. The van der Waals surface area contributed by atoms with Gasteiger partial charge >= 0.3 is 5.69 Å². The first kappa shape index (κ1) is 18.8. The molecule has 0 aliphatic carbocycles. The molecule has 0 fully saturated rings. The summed E-state index contributed by atoms with van der Waals surface area (Å²) in [6.45, 7) is -0.194. The number of ketones is 1. The van der Waals surface area contributed by atoms with Gasteiger partial charge in [-0.1, -0.05) is 10.2 Å². The summed E-state index contributed by atoms with van der Waals surface area (Å²) in [6.07, 6.45) is 2.41. The number of Topliss-reactive ketones (excluding diaryl/α,β-unsaturated/α-hetero) is 1. The third-order valence-corrected chi connectivity index (χ3v) is 3.78. The molecule has 0 radical (unpaired) electrons. The van der Waals surface area contributed by atoms with Crippen LogP contribution in [0.2, 0.25) is 0 Å². The average molecular weight is 360 g/mol. The molecule has 0 bridgehead atoms. The lowest BCUT2D eigenvalue weighted by Gasteiger charge is -2.09. The number of imidazole rings is 1. The standard InChI is InChI=1S/C13H16N10O3/c1-21-11-10(22(7-16-11)8-18-20-15)12(25)23(13(21)26)5-3-2-4-9(24)6-17-19-14/h7H,2-6,8H2,1H3. The first-order valence-corrected chi connectivity index (χ1v) is 7.69. The van der Waals surface area contributed by atoms with Crippen LogP contribution in [0.3, 0.4) is 0 Å². The Labute approximate surface area is 145 Å². The largest absolute Gasteiger partial charge is 0.332 e. The van der Waals surface area contributed by atoms with Crippen LogP contribution in [0, 0.1) is 0 Å². The minimum absolute atomic E-state index is 0.117. The van der Waals surface area contributed by atoms with Crippen molar-refractivity contribution in [1.82, 2.24) is 18.7 Å². The molecule has 26 heavy (non-hydrogen) atoms. The highest BCUT2D eigenvalue weighted by Crippen LogP contribution is 2.06. The first-order valence-electron chi connectivity index (χ1n) is 7.69. The Hall–Kier alpha value is -3.56. The van der Waals surface area contributed by atoms with E-state index in [1.165, 1.54) is 22.5 Å². The van der Waals surface area contributed by atoms with Crippen molar-refractivity contribution in [2.75, 3.05) is 6.54 Å². The van der Waals surface area contributed by atoms with Gasteiger partial charge < -0.3 is 4.57 Å². The molecule has 0 saturated carbocycles. The van der Waals surface area contributed by atoms with Crippen LogP contribution in [-0.4, -0.2) is 31.0 Å². The summed E-state index contributed by atoms with van der Waals surface area (Å²) in [4.78, 5) is 45.6. The van der Waals surface area contributed by atoms with E-state index in [1.54, 1.807) is 0 Å². The zero-order valence-corrected chi connectivity index (χ0v) is 14.0. The van der Waals surface area contributed by atoms with E-state index in [0.29, 0.717) is 12.8 Å². The Bertz CT molecular complexity index is 1030. The smallest absolute Gasteiger partial charge is 0.319 e. The predicted molar refractivity (Wildman–Crippen MR) is 91.3 cm³/mol. The van der Waals surface area contributed by atoms with Crippen LogP contribution in [0.5, 0.6) is 0 Å². The highest BCUT2D eigenvalue weighted by Gasteiger charge is 2.15. The van der Waals surface area contributed by atoms with E-state index in [4.69, 9.17) is 11.1 Å². The number of hydrogen-bond acceptors (Lipinski definition) is 6. The first-order chi connectivity index (χ1) is 12.5. The molecule has 0 saturated heterocycles. The van der Waals surface area contributed by atoms with Gasteiger partial charge in [0.15, 0.2) is 11.2 Å². The highest BCUT2D eigenvalue weighted by atomic mass is 16.2. The van der Waals surface area contributed by atoms with Gasteiger partial charge in [-0.15, -0.1) is 0 Å². The number of carbonyl (C=O) groups is 1. The van der Waals surface area contributed by atoms with E-state index in [1.807, 2.05) is 0 Å². The van der Waals surface area contributed by atoms with Crippen LogP contribution < -0.4 is 11.2 Å². The Kier molecular flexibility index (Phi) is 6.15. The minimum Gasteiger partial charge on any atom is -0.319 e. The third kappa shape index (κ3) is 3.91. The molecule has 0 N–H and O–H groups in total. The second-order valence-corrected chi connectivity index (χ2v) is 5.44. The molecule has 13 nitrogen and oxygen atoms in total. The molecular formula is C13H16N10O3. The highest BCUT2D eigenvalue weighted by molar-refractivity contribution is 5.80. The zero-order chi connectivity index (χ0) is 19.1. The molecule has 2 aromatic rings. The Morgan fingerprint density at radius 1 is 1.23 bits per heavy atom. The number of hydrogen-bond donors (Lipinski definition) is 0. The average Bonchev–Trinajstić information content (AvgIpc) is 3.06. The fourth-order valence-electron chi connectivity index (χ4n) is 2.50. The van der Waals surface area contributed by atoms with E-state index in [2.05, 4.69) is 25.0 Å². The molecule has 0 spiro atoms. The number of nitrogens with zero attached hydrogens (tertiary/aromatic N) is 10. The number of fused-ring (bicyclic) bond motifs is 1. The van der Waals surface area contributed by atoms with Crippen LogP contribution in [0.15, 0.2) is 26.1 Å². The van der Waals surface area contributed by atoms with Gasteiger partial charge in [0.2, 0.25) is 0 Å². The number of aryl methyl sites for hydroxylation is 1. The van der Waals surface area contributed by atoms with Crippen LogP contribution in [0.25, 0.3) is 32.0 Å². The van der Waals surface area contributed by atoms with Gasteiger partial charge in [-0.25, -0.2) is 9.78 Å². The topological polar surface area (TPSA) is 176 Å². The molecule has 2 rings (SSSR count). The van der Waals surface area contributed by atoms with Crippen molar-refractivity contribution in [2.45, 2.75) is 32.5 Å². The summed E-state index contributed by atoms with van der Waals surface area (Å²) in [6, 6.07) is 0. The lowest BCUT2D eigenvalue weighted by Crippen LogP contribution is -2.39. The molecular weight excluding hydrogens is 344 g/mol. The summed E-state index contributed by atoms with van der Waals surface area (Å²) >= 11 is 0. The summed E-state index contributed by atoms with van der Waals surface area (Å²) < 4.78 is 3.68. The summed E-state index contributed by atoms with van der Waals surface area (Å²) in [5, 5.41) is 6.59. The monoisotopic (exact) mass is 360 g/mol. The fraction of sp³-hybridized carbons (Fsp3) is 0.538. The van der Waals surface area contributed by atoms with E-state index >= 15 is 0 Å². The van der Waals surface area contributed by atoms with Crippen molar-refractivity contribution < 1.29 is 4.79 Å². The Morgan fingerprint density at radius 3 is 2.65 bits per heavy atom. The second kappa shape index (κ2) is 8.51. The lowest BCUT2D eigenvalue weighted by atomic mass is 10.2. The van der Waals surface area contributed by atoms with E-state index < -0.39 is 11.2 Å². The van der Waals surface area contributed by atoms with Crippen molar-refractivity contribution >= 4 is 16.9 Å². The van der Waals surface area contributed by atoms with Crippen molar-refractivity contribution in [3.05, 3.63) is 48.1 Å². The van der Waals surface area contributed by atoms with E-state index in [0.717, 1.165) is 4.57 Å². The second-order valence-electron chi connectivity index (χ2n) is 5.44. The predicted octanol–water partition coefficient (Wildman–Crippen LogP) is 1.21. The molecule has 0 atom stereocenters. The number of azide groups is 2. The van der Waals surface area contributed by atoms with Gasteiger partial charge in [-0.2, -0.15) is 0 Å². The maximum absolute atomic E-state index is 12.6. The Morgan fingerprint density at radius 2 is 1.96 bits per heavy atom. The van der Waals surface area contributed by atoms with E-state index in [-0.39, 0.29) is 43.1 Å². The molecule has 0 amide bonds. The number of rotatable bonds is 9. The fourth-order valence-corrected chi connectivity index (χ4v) is 2.50. The van der Waals surface area contributed by atoms with Crippen LogP contribution in [0.4, 0.5) is 0 Å². The van der Waals surface area contributed by atoms with Gasteiger partial charge in [-0.3, -0.25) is 18.7 Å². The molecule has 0 aliphatic rings. The van der Waals surface area contributed by atoms with Crippen LogP contribution >= 0.6 is 0 Å². The van der Waals surface area contributed by atoms with Gasteiger partial charge in [0.05, 0.1) is 12.9 Å². The van der Waals surface area contributed by atoms with Crippen molar-refractivity contribution in [3.8, 4) is 0 Å². The molecule has 0 aromatic carbocycles. The number of aromatic nitrogens is 4. The van der Waals surface area contributed by atoms with Crippen molar-refractivity contribution in [1.29, 1.82) is 0 Å². The van der Waals surface area contributed by atoms with Crippen molar-refractivity contribution in [3.63, 3.8) is 0 Å². The van der Waals surface area contributed by atoms with E-state index in [9.17, 15) is 14.4 Å². The minimum atomic E-state index is -0.533. The van der Waals surface area contributed by atoms with Gasteiger partial charge in [0.1, 0.15) is 12.5 Å². The lowest BCUT2D eigenvalue weighted by molar-refractivity contribution is -0.117. The molecule has 0 unspecified atom stereocenters. The SMILES string of the molecule is Cn1c(=O)n(CCCCC(=O)CN=[N+]=[N-])c(=O)c2c1ncn2CN=[N+]=[N-]. The van der Waals surface area contributed by atoms with Gasteiger partial charge in [-0.05, 0) is 23.9 Å². The molecule has 136 valence electrons. The number of carbonyl (C=O) groups excluding carboxylic acids is 1. The Balaban J connectivity index is 2.23. The van der Waals surface area contributed by atoms with Gasteiger partial charge in [0, 0.05) is 29.8 Å². The molecule has 2 aromatic heterocycles. The van der Waals surface area contributed by atoms with Crippen LogP contribution in [-0.2, 0) is 25.1 Å². The van der Waals surface area contributed by atoms with Gasteiger partial charge in [0.25, 0.3) is 5.56 Å². The third-order valence-electron chi connectivity index (χ3n) is 3.78. The maximum atomic E-state index is 12.6. The zero-order valence-electron chi connectivity index (χ0n) is 14.0. The molecule has 2 heterocycles. The molecule has 0 aliphatic heterocycles. The van der Waals surface area contributed by atoms with Crippen molar-refractivity contribution in [2.24, 2.45) is 17.3 Å². The quantitative estimate of drug-likeness (QED) is 0.282. The summed E-state index contributed by atoms with van der Waals surface area (Å²) in [5.41, 5.74) is 15.9. The van der Waals surface area contributed by atoms with Crippen LogP contribution in [0.1, 0.15) is 19.3 Å². The maximum Gasteiger partial charge on any atom is 0.332 e.